The van der Waals surface area contributed by atoms with E-state index < -0.39 is 0 Å². The number of anilines is 1. The number of benzene rings is 1. The summed E-state index contributed by atoms with van der Waals surface area (Å²) < 4.78 is 6.91. The van der Waals surface area contributed by atoms with Crippen molar-refractivity contribution in [2.45, 2.75) is 6.92 Å². The van der Waals surface area contributed by atoms with Gasteiger partial charge in [0.2, 0.25) is 5.95 Å². The van der Waals surface area contributed by atoms with E-state index in [1.165, 1.54) is 0 Å². The Labute approximate surface area is 120 Å². The second-order valence-electron chi connectivity index (χ2n) is 4.10. The number of para-hydroxylation sites is 1. The van der Waals surface area contributed by atoms with Crippen LogP contribution in [0.3, 0.4) is 0 Å². The summed E-state index contributed by atoms with van der Waals surface area (Å²) in [6.07, 6.45) is 1.57. The summed E-state index contributed by atoms with van der Waals surface area (Å²) in [5.41, 5.74) is 7.15. The summed E-state index contributed by atoms with van der Waals surface area (Å²) in [6, 6.07) is 9.75. The molecule has 0 aliphatic carbocycles. The number of hydrogen-bond acceptors (Lipinski definition) is 7. The Morgan fingerprint density at radius 3 is 2.71 bits per heavy atom. The first-order valence-corrected chi connectivity index (χ1v) is 6.38. The Balaban J connectivity index is 2.08. The number of nitrogens with two attached hydrogens (primary N) is 1. The quantitative estimate of drug-likeness (QED) is 0.764. The van der Waals surface area contributed by atoms with Crippen LogP contribution < -0.4 is 10.5 Å². The van der Waals surface area contributed by atoms with Crippen LogP contribution in [-0.4, -0.2) is 36.6 Å². The van der Waals surface area contributed by atoms with Gasteiger partial charge in [0.1, 0.15) is 5.69 Å². The topological polar surface area (TPSA) is 105 Å². The highest BCUT2D eigenvalue weighted by atomic mass is 16.5. The van der Waals surface area contributed by atoms with Crippen LogP contribution >= 0.6 is 0 Å². The van der Waals surface area contributed by atoms with E-state index in [0.717, 1.165) is 5.69 Å². The van der Waals surface area contributed by atoms with E-state index in [9.17, 15) is 0 Å². The first-order valence-electron chi connectivity index (χ1n) is 6.38. The van der Waals surface area contributed by atoms with Gasteiger partial charge >= 0.3 is 6.01 Å². The summed E-state index contributed by atoms with van der Waals surface area (Å²) in [6.45, 7) is 2.29. The maximum atomic E-state index is 5.69. The molecule has 8 nitrogen and oxygen atoms in total. The molecule has 8 heteroatoms. The fourth-order valence-electron chi connectivity index (χ4n) is 1.83. The second-order valence-corrected chi connectivity index (χ2v) is 4.10. The van der Waals surface area contributed by atoms with Gasteiger partial charge in [0.25, 0.3) is 0 Å². The van der Waals surface area contributed by atoms with E-state index in [2.05, 4.69) is 25.3 Å². The molecular weight excluding hydrogens is 270 g/mol. The molecule has 0 atom stereocenters. The highest BCUT2D eigenvalue weighted by Gasteiger charge is 2.14. The molecule has 0 unspecified atom stereocenters. The predicted octanol–water partition coefficient (Wildman–Crippen LogP) is 1.10. The molecule has 0 aliphatic heterocycles. The van der Waals surface area contributed by atoms with Crippen LogP contribution in [0.2, 0.25) is 0 Å². The molecule has 2 N–H and O–H groups in total. The number of rotatable bonds is 4. The Kier molecular flexibility index (Phi) is 3.42. The van der Waals surface area contributed by atoms with Gasteiger partial charge in [-0.15, -0.1) is 5.10 Å². The lowest BCUT2D eigenvalue weighted by Gasteiger charge is -2.07. The van der Waals surface area contributed by atoms with E-state index in [-0.39, 0.29) is 12.0 Å². The number of hydrogen-bond donors (Lipinski definition) is 1. The number of aromatic nitrogens is 6. The second kappa shape index (κ2) is 5.53. The lowest BCUT2D eigenvalue weighted by Crippen LogP contribution is -2.07. The molecule has 0 spiro atoms. The van der Waals surface area contributed by atoms with E-state index in [0.29, 0.717) is 18.1 Å². The average molecular weight is 283 g/mol. The van der Waals surface area contributed by atoms with Crippen LogP contribution in [-0.2, 0) is 0 Å². The summed E-state index contributed by atoms with van der Waals surface area (Å²) in [7, 11) is 0. The molecule has 0 saturated carbocycles. The lowest BCUT2D eigenvalue weighted by atomic mass is 10.3. The molecule has 0 saturated heterocycles. The van der Waals surface area contributed by atoms with Gasteiger partial charge in [-0.05, 0) is 19.1 Å². The number of nitrogens with zero attached hydrogens (tertiary/aromatic N) is 6. The van der Waals surface area contributed by atoms with Gasteiger partial charge in [0, 0.05) is 0 Å². The van der Waals surface area contributed by atoms with Crippen LogP contribution in [0, 0.1) is 0 Å². The maximum absolute atomic E-state index is 5.69. The zero-order valence-corrected chi connectivity index (χ0v) is 11.3. The SMILES string of the molecule is CCOc1nc(N)nc(-c2cnnn2-c2ccccc2)n1. The van der Waals surface area contributed by atoms with Crippen LogP contribution in [0.1, 0.15) is 6.92 Å². The predicted molar refractivity (Wildman–Crippen MR) is 75.8 cm³/mol. The highest BCUT2D eigenvalue weighted by Crippen LogP contribution is 2.19. The fourth-order valence-corrected chi connectivity index (χ4v) is 1.83. The van der Waals surface area contributed by atoms with E-state index >= 15 is 0 Å². The van der Waals surface area contributed by atoms with Crippen LogP contribution in [0.25, 0.3) is 17.2 Å². The van der Waals surface area contributed by atoms with Crippen LogP contribution in [0.4, 0.5) is 5.95 Å². The third kappa shape index (κ3) is 2.64. The summed E-state index contributed by atoms with van der Waals surface area (Å²) in [4.78, 5) is 12.3. The Morgan fingerprint density at radius 2 is 1.95 bits per heavy atom. The number of ether oxygens (including phenoxy) is 1. The fraction of sp³-hybridized carbons (Fsp3) is 0.154. The van der Waals surface area contributed by atoms with Crippen molar-refractivity contribution in [3.63, 3.8) is 0 Å². The van der Waals surface area contributed by atoms with Gasteiger partial charge in [0.15, 0.2) is 5.82 Å². The third-order valence-corrected chi connectivity index (χ3v) is 2.68. The molecule has 3 rings (SSSR count). The molecule has 0 radical (unpaired) electrons. The monoisotopic (exact) mass is 283 g/mol. The van der Waals surface area contributed by atoms with Gasteiger partial charge in [-0.2, -0.15) is 15.0 Å². The number of nitrogen functional groups attached to an aromatic ring is 1. The Morgan fingerprint density at radius 1 is 1.14 bits per heavy atom. The molecule has 0 amide bonds. The van der Waals surface area contributed by atoms with Crippen LogP contribution in [0.5, 0.6) is 6.01 Å². The molecule has 21 heavy (non-hydrogen) atoms. The smallest absolute Gasteiger partial charge is 0.321 e. The summed E-state index contributed by atoms with van der Waals surface area (Å²) in [5, 5.41) is 7.96. The van der Waals surface area contributed by atoms with Crippen molar-refractivity contribution in [2.24, 2.45) is 0 Å². The largest absolute Gasteiger partial charge is 0.464 e. The minimum atomic E-state index is 0.0873. The Hall–Kier alpha value is -3.03. The van der Waals surface area contributed by atoms with Crippen molar-refractivity contribution < 1.29 is 4.74 Å². The van der Waals surface area contributed by atoms with Crippen molar-refractivity contribution in [1.29, 1.82) is 0 Å². The first-order chi connectivity index (χ1) is 10.3. The normalized spacial score (nSPS) is 10.5. The average Bonchev–Trinajstić information content (AvgIpc) is 2.97. The van der Waals surface area contributed by atoms with Crippen molar-refractivity contribution in [3.05, 3.63) is 36.5 Å². The van der Waals surface area contributed by atoms with E-state index in [1.54, 1.807) is 10.9 Å². The van der Waals surface area contributed by atoms with Gasteiger partial charge in [-0.3, -0.25) is 0 Å². The van der Waals surface area contributed by atoms with Crippen molar-refractivity contribution in [3.8, 4) is 23.2 Å². The molecular formula is C13H13N7O. The van der Waals surface area contributed by atoms with Crippen molar-refractivity contribution >= 4 is 5.95 Å². The summed E-state index contributed by atoms with van der Waals surface area (Å²) in [5.74, 6) is 0.448. The van der Waals surface area contributed by atoms with Crippen molar-refractivity contribution in [2.75, 3.05) is 12.3 Å². The van der Waals surface area contributed by atoms with Gasteiger partial charge in [0.05, 0.1) is 18.5 Å². The van der Waals surface area contributed by atoms with E-state index in [4.69, 9.17) is 10.5 Å². The minimum absolute atomic E-state index is 0.0873. The van der Waals surface area contributed by atoms with E-state index in [1.807, 2.05) is 37.3 Å². The van der Waals surface area contributed by atoms with Crippen LogP contribution in [0.15, 0.2) is 36.5 Å². The molecule has 0 bridgehead atoms. The lowest BCUT2D eigenvalue weighted by molar-refractivity contribution is 0.312. The zero-order chi connectivity index (χ0) is 14.7. The maximum Gasteiger partial charge on any atom is 0.321 e. The Bertz CT molecular complexity index is 741. The molecule has 1 aromatic carbocycles. The zero-order valence-electron chi connectivity index (χ0n) is 11.3. The van der Waals surface area contributed by atoms with Gasteiger partial charge in [-0.25, -0.2) is 4.68 Å². The molecule has 0 aliphatic rings. The highest BCUT2D eigenvalue weighted by molar-refractivity contribution is 5.53. The summed E-state index contributed by atoms with van der Waals surface area (Å²) >= 11 is 0. The minimum Gasteiger partial charge on any atom is -0.464 e. The molecule has 3 aromatic rings. The molecule has 0 fully saturated rings. The molecule has 106 valence electrons. The first kappa shape index (κ1) is 13.0. The molecule has 2 aromatic heterocycles. The molecule has 2 heterocycles. The third-order valence-electron chi connectivity index (χ3n) is 2.68. The standard InChI is InChI=1S/C13H13N7O/c1-2-21-13-17-11(16-12(14)18-13)10-8-15-19-20(10)9-6-4-3-5-7-9/h3-8H,2H2,1H3,(H2,14,16,17,18). The van der Waals surface area contributed by atoms with Gasteiger partial charge < -0.3 is 10.5 Å². The van der Waals surface area contributed by atoms with Gasteiger partial charge in [-0.1, -0.05) is 23.4 Å². The van der Waals surface area contributed by atoms with Crippen molar-refractivity contribution in [1.82, 2.24) is 29.9 Å².